The molecule has 0 bridgehead atoms. The first-order valence-electron chi connectivity index (χ1n) is 11.0. The monoisotopic (exact) mass is 467 g/mol. The maximum Gasteiger partial charge on any atom is 0.271 e. The number of ether oxygens (including phenoxy) is 3. The van der Waals surface area contributed by atoms with Gasteiger partial charge >= 0.3 is 0 Å². The summed E-state index contributed by atoms with van der Waals surface area (Å²) in [5.74, 6) is 1.18. The molecule has 0 aliphatic carbocycles. The van der Waals surface area contributed by atoms with E-state index in [9.17, 15) is 4.79 Å². The molecule has 3 aromatic rings. The number of rotatable bonds is 8. The van der Waals surface area contributed by atoms with Gasteiger partial charge in [0, 0.05) is 19.6 Å². The quantitative estimate of drug-likeness (QED) is 0.541. The molecule has 1 amide bonds. The van der Waals surface area contributed by atoms with Crippen molar-refractivity contribution in [1.82, 2.24) is 15.2 Å². The number of amides is 1. The van der Waals surface area contributed by atoms with Crippen LogP contribution in [0.1, 0.15) is 27.1 Å². The molecule has 1 atom stereocenters. The number of morpholine rings is 1. The van der Waals surface area contributed by atoms with E-state index in [1.165, 1.54) is 11.3 Å². The third-order valence-corrected chi connectivity index (χ3v) is 6.74. The van der Waals surface area contributed by atoms with Crippen LogP contribution in [0.4, 0.5) is 0 Å². The lowest BCUT2D eigenvalue weighted by atomic mass is 10.0. The van der Waals surface area contributed by atoms with Gasteiger partial charge in [-0.15, -0.1) is 11.3 Å². The summed E-state index contributed by atoms with van der Waals surface area (Å²) in [6.07, 6.45) is 0. The number of methoxy groups -OCH3 is 2. The van der Waals surface area contributed by atoms with E-state index in [0.29, 0.717) is 37.0 Å². The lowest BCUT2D eigenvalue weighted by Gasteiger charge is -2.35. The Balaban J connectivity index is 1.57. The first-order chi connectivity index (χ1) is 16.1. The summed E-state index contributed by atoms with van der Waals surface area (Å²) < 4.78 is 16.5. The largest absolute Gasteiger partial charge is 0.493 e. The highest BCUT2D eigenvalue weighted by Gasteiger charge is 2.26. The molecule has 1 fully saturated rings. The molecule has 1 N–H and O–H groups in total. The molecule has 0 spiro atoms. The van der Waals surface area contributed by atoms with Crippen LogP contribution in [-0.4, -0.2) is 62.9 Å². The Hall–Kier alpha value is -2.94. The standard InChI is InChI=1S/C25H29N3O4S/c1-17-27-23(24(33-17)18-7-5-4-6-8-18)25(29)26-16-20(28-11-13-32-14-12-28)19-9-10-21(30-2)22(15-19)31-3/h4-10,15,20H,11-14,16H2,1-3H3,(H,26,29). The number of hydrogen-bond acceptors (Lipinski definition) is 7. The molecule has 4 rings (SSSR count). The molecule has 7 nitrogen and oxygen atoms in total. The Labute approximate surface area is 198 Å². The number of thiazole rings is 1. The van der Waals surface area contributed by atoms with E-state index in [0.717, 1.165) is 34.1 Å². The zero-order valence-electron chi connectivity index (χ0n) is 19.2. The molecule has 174 valence electrons. The fraction of sp³-hybridized carbons (Fsp3) is 0.360. The molecule has 1 unspecified atom stereocenters. The summed E-state index contributed by atoms with van der Waals surface area (Å²) in [5.41, 5.74) is 2.52. The van der Waals surface area contributed by atoms with Gasteiger partial charge in [0.1, 0.15) is 5.69 Å². The summed E-state index contributed by atoms with van der Waals surface area (Å²) in [6, 6.07) is 15.8. The number of carbonyl (C=O) groups is 1. The van der Waals surface area contributed by atoms with Crippen LogP contribution in [0.3, 0.4) is 0 Å². The van der Waals surface area contributed by atoms with Crippen LogP contribution in [0.2, 0.25) is 0 Å². The third kappa shape index (κ3) is 5.35. The molecule has 0 saturated carbocycles. The highest BCUT2D eigenvalue weighted by atomic mass is 32.1. The number of benzene rings is 2. The Bertz CT molecular complexity index is 1080. The zero-order valence-corrected chi connectivity index (χ0v) is 20.0. The van der Waals surface area contributed by atoms with Gasteiger partial charge in [-0.25, -0.2) is 4.98 Å². The second-order valence-electron chi connectivity index (χ2n) is 7.77. The van der Waals surface area contributed by atoms with E-state index in [2.05, 4.69) is 15.2 Å². The molecular weight excluding hydrogens is 438 g/mol. The van der Waals surface area contributed by atoms with Gasteiger partial charge in [-0.1, -0.05) is 36.4 Å². The highest BCUT2D eigenvalue weighted by Crippen LogP contribution is 2.33. The fourth-order valence-corrected chi connectivity index (χ4v) is 4.97. The van der Waals surface area contributed by atoms with E-state index >= 15 is 0 Å². The number of carbonyl (C=O) groups excluding carboxylic acids is 1. The van der Waals surface area contributed by atoms with Crippen molar-refractivity contribution in [3.63, 3.8) is 0 Å². The van der Waals surface area contributed by atoms with Gasteiger partial charge in [-0.05, 0) is 30.2 Å². The fourth-order valence-electron chi connectivity index (χ4n) is 4.05. The van der Waals surface area contributed by atoms with Gasteiger partial charge < -0.3 is 19.5 Å². The second kappa shape index (κ2) is 10.8. The predicted octanol–water partition coefficient (Wildman–Crippen LogP) is 3.94. The Morgan fingerprint density at radius 3 is 2.55 bits per heavy atom. The lowest BCUT2D eigenvalue weighted by molar-refractivity contribution is 0.0161. The molecule has 1 aliphatic rings. The van der Waals surface area contributed by atoms with Crippen LogP contribution < -0.4 is 14.8 Å². The highest BCUT2D eigenvalue weighted by molar-refractivity contribution is 7.15. The molecule has 1 aromatic heterocycles. The van der Waals surface area contributed by atoms with Gasteiger partial charge in [-0.3, -0.25) is 9.69 Å². The van der Waals surface area contributed by atoms with Gasteiger partial charge in [0.2, 0.25) is 0 Å². The summed E-state index contributed by atoms with van der Waals surface area (Å²) >= 11 is 1.53. The second-order valence-corrected chi connectivity index (χ2v) is 8.97. The third-order valence-electron chi connectivity index (χ3n) is 5.72. The van der Waals surface area contributed by atoms with Crippen LogP contribution in [0.5, 0.6) is 11.5 Å². The van der Waals surface area contributed by atoms with Crippen LogP contribution in [0.15, 0.2) is 48.5 Å². The molecule has 2 aromatic carbocycles. The van der Waals surface area contributed by atoms with Crippen molar-refractivity contribution in [2.45, 2.75) is 13.0 Å². The van der Waals surface area contributed by atoms with Crippen molar-refractivity contribution < 1.29 is 19.0 Å². The normalized spacial score (nSPS) is 15.1. The Morgan fingerprint density at radius 2 is 1.85 bits per heavy atom. The minimum absolute atomic E-state index is 0.0300. The van der Waals surface area contributed by atoms with Crippen molar-refractivity contribution in [2.24, 2.45) is 0 Å². The van der Waals surface area contributed by atoms with E-state index in [1.54, 1.807) is 14.2 Å². The molecule has 1 aliphatic heterocycles. The van der Waals surface area contributed by atoms with Crippen LogP contribution in [-0.2, 0) is 4.74 Å². The van der Waals surface area contributed by atoms with Gasteiger partial charge in [0.25, 0.3) is 5.91 Å². The molecule has 0 radical (unpaired) electrons. The van der Waals surface area contributed by atoms with Crippen LogP contribution >= 0.6 is 11.3 Å². The van der Waals surface area contributed by atoms with E-state index in [1.807, 2.05) is 55.5 Å². The van der Waals surface area contributed by atoms with Crippen molar-refractivity contribution in [1.29, 1.82) is 0 Å². The van der Waals surface area contributed by atoms with Crippen molar-refractivity contribution in [3.05, 3.63) is 64.8 Å². The first kappa shape index (κ1) is 23.2. The van der Waals surface area contributed by atoms with Crippen molar-refractivity contribution in [3.8, 4) is 21.9 Å². The van der Waals surface area contributed by atoms with E-state index in [4.69, 9.17) is 14.2 Å². The minimum atomic E-state index is -0.170. The lowest BCUT2D eigenvalue weighted by Crippen LogP contribution is -2.44. The molecule has 1 saturated heterocycles. The molecule has 2 heterocycles. The average Bonchev–Trinajstić information content (AvgIpc) is 3.27. The molecular formula is C25H29N3O4S. The predicted molar refractivity (Wildman–Crippen MR) is 129 cm³/mol. The van der Waals surface area contributed by atoms with E-state index in [-0.39, 0.29) is 11.9 Å². The van der Waals surface area contributed by atoms with Crippen molar-refractivity contribution in [2.75, 3.05) is 47.1 Å². The number of hydrogen-bond donors (Lipinski definition) is 1. The summed E-state index contributed by atoms with van der Waals surface area (Å²) in [4.78, 5) is 21.0. The maximum absolute atomic E-state index is 13.2. The van der Waals surface area contributed by atoms with Gasteiger partial charge in [0.15, 0.2) is 11.5 Å². The smallest absolute Gasteiger partial charge is 0.271 e. The van der Waals surface area contributed by atoms with Gasteiger partial charge in [0.05, 0.1) is 43.4 Å². The Kier molecular flexibility index (Phi) is 7.59. The number of nitrogens with zero attached hydrogens (tertiary/aromatic N) is 2. The zero-order chi connectivity index (χ0) is 23.2. The van der Waals surface area contributed by atoms with E-state index < -0.39 is 0 Å². The minimum Gasteiger partial charge on any atom is -0.493 e. The topological polar surface area (TPSA) is 72.9 Å². The maximum atomic E-state index is 13.2. The number of aromatic nitrogens is 1. The Morgan fingerprint density at radius 1 is 1.12 bits per heavy atom. The summed E-state index contributed by atoms with van der Waals surface area (Å²) in [7, 11) is 3.25. The SMILES string of the molecule is COc1ccc(C(CNC(=O)c2nc(C)sc2-c2ccccc2)N2CCOCC2)cc1OC. The number of nitrogens with one attached hydrogen (secondary N) is 1. The van der Waals surface area contributed by atoms with Gasteiger partial charge in [-0.2, -0.15) is 0 Å². The van der Waals surface area contributed by atoms with Crippen molar-refractivity contribution >= 4 is 17.2 Å². The number of aryl methyl sites for hydroxylation is 1. The van der Waals surface area contributed by atoms with Crippen LogP contribution in [0.25, 0.3) is 10.4 Å². The first-order valence-corrected chi connectivity index (χ1v) is 11.8. The summed E-state index contributed by atoms with van der Waals surface area (Å²) in [5, 5.41) is 4.00. The van der Waals surface area contributed by atoms with Crippen LogP contribution in [0, 0.1) is 6.92 Å². The molecule has 33 heavy (non-hydrogen) atoms. The molecule has 8 heteroatoms. The summed E-state index contributed by atoms with van der Waals surface area (Å²) in [6.45, 7) is 5.29. The average molecular weight is 468 g/mol.